The van der Waals surface area contributed by atoms with Crippen molar-refractivity contribution in [3.05, 3.63) is 35.9 Å². The minimum absolute atomic E-state index is 0.501. The van der Waals surface area contributed by atoms with Crippen LogP contribution in [0.2, 0.25) is 0 Å². The van der Waals surface area contributed by atoms with E-state index in [4.69, 9.17) is 0 Å². The molecule has 0 N–H and O–H groups in total. The highest BCUT2D eigenvalue weighted by Gasteiger charge is 2.53. The number of hydrogen-bond acceptors (Lipinski definition) is 0. The summed E-state index contributed by atoms with van der Waals surface area (Å²) in [5.41, 5.74) is 2.04. The molecule has 0 spiro atoms. The fourth-order valence-electron chi connectivity index (χ4n) is 2.74. The first-order valence-electron chi connectivity index (χ1n) is 5.23. The number of benzene rings is 1. The normalized spacial score (nSPS) is 32.2. The highest BCUT2D eigenvalue weighted by Crippen LogP contribution is 2.58. The second-order valence-electron chi connectivity index (χ2n) is 4.67. The molecule has 0 saturated heterocycles. The van der Waals surface area contributed by atoms with Gasteiger partial charge in [0.05, 0.1) is 0 Å². The fraction of sp³-hybridized carbons (Fsp3) is 0.538. The Labute approximate surface area is 81.0 Å². The Morgan fingerprint density at radius 3 is 2.15 bits per heavy atom. The van der Waals surface area contributed by atoms with Crippen LogP contribution in [0.1, 0.15) is 32.8 Å². The maximum Gasteiger partial charge on any atom is 0.000474 e. The first-order chi connectivity index (χ1) is 6.18. The van der Waals surface area contributed by atoms with Crippen molar-refractivity contribution in [3.63, 3.8) is 0 Å². The Morgan fingerprint density at radius 2 is 1.77 bits per heavy atom. The van der Waals surface area contributed by atoms with Crippen molar-refractivity contribution in [2.45, 2.75) is 32.6 Å². The molecule has 1 aliphatic rings. The molecule has 0 heteroatoms. The monoisotopic (exact) mass is 174 g/mol. The summed E-state index contributed by atoms with van der Waals surface area (Å²) >= 11 is 0. The van der Waals surface area contributed by atoms with Crippen LogP contribution in [0, 0.1) is 11.8 Å². The summed E-state index contributed by atoms with van der Waals surface area (Å²) in [6, 6.07) is 11.0. The SMILES string of the molecule is CC(C)[C@@]1(c2ccccc2)C[C@@H]1C. The third-order valence-electron chi connectivity index (χ3n) is 3.70. The summed E-state index contributed by atoms with van der Waals surface area (Å²) in [6.07, 6.45) is 1.37. The second kappa shape index (κ2) is 2.87. The predicted molar refractivity (Wildman–Crippen MR) is 56.7 cm³/mol. The minimum atomic E-state index is 0.501. The summed E-state index contributed by atoms with van der Waals surface area (Å²) in [5.74, 6) is 1.64. The van der Waals surface area contributed by atoms with Crippen molar-refractivity contribution in [1.29, 1.82) is 0 Å². The van der Waals surface area contributed by atoms with Gasteiger partial charge < -0.3 is 0 Å². The second-order valence-corrected chi connectivity index (χ2v) is 4.67. The van der Waals surface area contributed by atoms with Crippen LogP contribution in [-0.2, 0) is 5.41 Å². The molecule has 0 nitrogen and oxygen atoms in total. The molecule has 13 heavy (non-hydrogen) atoms. The van der Waals surface area contributed by atoms with Gasteiger partial charge in [-0.1, -0.05) is 51.1 Å². The van der Waals surface area contributed by atoms with E-state index in [1.807, 2.05) is 0 Å². The van der Waals surface area contributed by atoms with Gasteiger partial charge in [0.2, 0.25) is 0 Å². The van der Waals surface area contributed by atoms with E-state index in [0.717, 1.165) is 11.8 Å². The zero-order valence-electron chi connectivity index (χ0n) is 8.75. The van der Waals surface area contributed by atoms with Crippen LogP contribution < -0.4 is 0 Å². The largest absolute Gasteiger partial charge is 0.0622 e. The molecule has 0 heterocycles. The lowest BCUT2D eigenvalue weighted by atomic mass is 9.83. The Hall–Kier alpha value is -0.780. The van der Waals surface area contributed by atoms with E-state index >= 15 is 0 Å². The lowest BCUT2D eigenvalue weighted by Crippen LogP contribution is -2.16. The molecule has 0 unspecified atom stereocenters. The zero-order chi connectivity index (χ0) is 9.47. The molecule has 0 radical (unpaired) electrons. The summed E-state index contributed by atoms with van der Waals surface area (Å²) in [5, 5.41) is 0. The van der Waals surface area contributed by atoms with Crippen molar-refractivity contribution in [2.75, 3.05) is 0 Å². The highest BCUT2D eigenvalue weighted by atomic mass is 14.6. The summed E-state index contributed by atoms with van der Waals surface area (Å²) in [4.78, 5) is 0. The van der Waals surface area contributed by atoms with Gasteiger partial charge in [0, 0.05) is 5.41 Å². The van der Waals surface area contributed by atoms with E-state index in [1.54, 1.807) is 0 Å². The van der Waals surface area contributed by atoms with Gasteiger partial charge >= 0.3 is 0 Å². The predicted octanol–water partition coefficient (Wildman–Crippen LogP) is 3.62. The van der Waals surface area contributed by atoms with Crippen molar-refractivity contribution in [1.82, 2.24) is 0 Å². The Bertz CT molecular complexity index is 286. The first kappa shape index (κ1) is 8.80. The fourth-order valence-corrected chi connectivity index (χ4v) is 2.74. The van der Waals surface area contributed by atoms with Crippen LogP contribution in [-0.4, -0.2) is 0 Å². The zero-order valence-corrected chi connectivity index (χ0v) is 8.75. The molecule has 1 aromatic rings. The first-order valence-corrected chi connectivity index (χ1v) is 5.23. The Morgan fingerprint density at radius 1 is 1.23 bits per heavy atom. The maximum absolute atomic E-state index is 2.37. The molecule has 0 aliphatic heterocycles. The molecule has 1 saturated carbocycles. The average Bonchev–Trinajstić information content (AvgIpc) is 2.80. The summed E-state index contributed by atoms with van der Waals surface area (Å²) in [6.45, 7) is 7.06. The smallest absolute Gasteiger partial charge is 0.000474 e. The molecular weight excluding hydrogens is 156 g/mol. The van der Waals surface area contributed by atoms with Gasteiger partial charge in [0.1, 0.15) is 0 Å². The van der Waals surface area contributed by atoms with E-state index < -0.39 is 0 Å². The Balaban J connectivity index is 2.35. The highest BCUT2D eigenvalue weighted by molar-refractivity contribution is 5.33. The van der Waals surface area contributed by atoms with E-state index in [1.165, 1.54) is 12.0 Å². The van der Waals surface area contributed by atoms with Gasteiger partial charge in [-0.05, 0) is 23.8 Å². The molecule has 1 aliphatic carbocycles. The van der Waals surface area contributed by atoms with Gasteiger partial charge in [-0.15, -0.1) is 0 Å². The third kappa shape index (κ3) is 1.20. The van der Waals surface area contributed by atoms with Crippen LogP contribution >= 0.6 is 0 Å². The van der Waals surface area contributed by atoms with Crippen LogP contribution in [0.25, 0.3) is 0 Å². The van der Waals surface area contributed by atoms with Gasteiger partial charge in [0.25, 0.3) is 0 Å². The Kier molecular flexibility index (Phi) is 1.94. The molecule has 1 aromatic carbocycles. The lowest BCUT2D eigenvalue weighted by molar-refractivity contribution is 0.449. The van der Waals surface area contributed by atoms with Crippen molar-refractivity contribution < 1.29 is 0 Å². The van der Waals surface area contributed by atoms with Gasteiger partial charge in [0.15, 0.2) is 0 Å². The maximum atomic E-state index is 2.37. The minimum Gasteiger partial charge on any atom is -0.0622 e. The van der Waals surface area contributed by atoms with Crippen molar-refractivity contribution in [3.8, 4) is 0 Å². The lowest BCUT2D eigenvalue weighted by Gasteiger charge is -2.21. The molecule has 0 bridgehead atoms. The van der Waals surface area contributed by atoms with Crippen molar-refractivity contribution in [2.24, 2.45) is 11.8 Å². The average molecular weight is 174 g/mol. The molecule has 1 fully saturated rings. The quantitative estimate of drug-likeness (QED) is 0.642. The van der Waals surface area contributed by atoms with Gasteiger partial charge in [-0.25, -0.2) is 0 Å². The van der Waals surface area contributed by atoms with Gasteiger partial charge in [-0.3, -0.25) is 0 Å². The standard InChI is InChI=1S/C13H18/c1-10(2)13(9-11(13)3)12-7-5-4-6-8-12/h4-8,10-11H,9H2,1-3H3/t11-,13-/m0/s1. The molecule has 0 aromatic heterocycles. The van der Waals surface area contributed by atoms with Crippen LogP contribution in [0.15, 0.2) is 30.3 Å². The van der Waals surface area contributed by atoms with Gasteiger partial charge in [-0.2, -0.15) is 0 Å². The molecule has 0 amide bonds. The topological polar surface area (TPSA) is 0 Å². The van der Waals surface area contributed by atoms with E-state index in [9.17, 15) is 0 Å². The third-order valence-corrected chi connectivity index (χ3v) is 3.70. The van der Waals surface area contributed by atoms with Crippen LogP contribution in [0.5, 0.6) is 0 Å². The van der Waals surface area contributed by atoms with E-state index in [0.29, 0.717) is 5.41 Å². The molecule has 2 atom stereocenters. The molecular formula is C13H18. The van der Waals surface area contributed by atoms with E-state index in [2.05, 4.69) is 51.1 Å². The van der Waals surface area contributed by atoms with E-state index in [-0.39, 0.29) is 0 Å². The molecule has 70 valence electrons. The summed E-state index contributed by atoms with van der Waals surface area (Å²) in [7, 11) is 0. The summed E-state index contributed by atoms with van der Waals surface area (Å²) < 4.78 is 0. The van der Waals surface area contributed by atoms with Crippen LogP contribution in [0.3, 0.4) is 0 Å². The number of rotatable bonds is 2. The van der Waals surface area contributed by atoms with Crippen LogP contribution in [0.4, 0.5) is 0 Å². The number of hydrogen-bond donors (Lipinski definition) is 0. The van der Waals surface area contributed by atoms with Crippen molar-refractivity contribution >= 4 is 0 Å². The molecule has 2 rings (SSSR count).